The van der Waals surface area contributed by atoms with Crippen LogP contribution in [-0.2, 0) is 9.84 Å². The molecule has 21 heavy (non-hydrogen) atoms. The van der Waals surface area contributed by atoms with Crippen molar-refractivity contribution in [3.05, 3.63) is 58.1 Å². The Morgan fingerprint density at radius 2 is 1.81 bits per heavy atom. The summed E-state index contributed by atoms with van der Waals surface area (Å²) < 4.78 is 23.4. The van der Waals surface area contributed by atoms with Crippen molar-refractivity contribution in [1.29, 1.82) is 0 Å². The average molecular weight is 323 g/mol. The summed E-state index contributed by atoms with van der Waals surface area (Å²) in [7, 11) is -3.66. The first-order valence-corrected chi connectivity index (χ1v) is 8.72. The van der Waals surface area contributed by atoms with Crippen LogP contribution in [-0.4, -0.2) is 19.6 Å². The van der Waals surface area contributed by atoms with E-state index in [9.17, 15) is 18.5 Å². The summed E-state index contributed by atoms with van der Waals surface area (Å²) in [6.45, 7) is 1.92. The summed E-state index contributed by atoms with van der Waals surface area (Å²) in [6.07, 6.45) is 0.969. The van der Waals surface area contributed by atoms with E-state index < -0.39 is 14.8 Å². The molecule has 0 saturated heterocycles. The molecule has 0 spiro atoms. The molecule has 0 radical (unpaired) electrons. The summed E-state index contributed by atoms with van der Waals surface area (Å²) in [4.78, 5) is 11.5. The number of para-hydroxylation sites is 1. The largest absolute Gasteiger partial charge is 0.301 e. The minimum Gasteiger partial charge on any atom is -0.258 e. The van der Waals surface area contributed by atoms with Crippen LogP contribution >= 0.6 is 11.8 Å². The first kappa shape index (κ1) is 15.5. The molecule has 0 saturated carbocycles. The van der Waals surface area contributed by atoms with Gasteiger partial charge in [0.05, 0.1) is 9.82 Å². The molecule has 2 rings (SSSR count). The lowest BCUT2D eigenvalue weighted by Gasteiger charge is -2.07. The molecular weight excluding hydrogens is 310 g/mol. The molecule has 0 unspecified atom stereocenters. The van der Waals surface area contributed by atoms with Gasteiger partial charge in [0.15, 0.2) is 9.84 Å². The second-order valence-corrected chi connectivity index (χ2v) is 7.65. The first-order valence-electron chi connectivity index (χ1n) is 6.01. The van der Waals surface area contributed by atoms with E-state index in [1.807, 2.05) is 31.2 Å². The Balaban J connectivity index is 2.57. The first-order chi connectivity index (χ1) is 9.79. The maximum atomic E-state index is 11.7. The van der Waals surface area contributed by atoms with Crippen LogP contribution in [0, 0.1) is 17.0 Å². The van der Waals surface area contributed by atoms with Gasteiger partial charge in [0.1, 0.15) is 4.90 Å². The zero-order chi connectivity index (χ0) is 15.6. The fraction of sp³-hybridized carbons (Fsp3) is 0.143. The van der Waals surface area contributed by atoms with Gasteiger partial charge in [-0.1, -0.05) is 35.5 Å². The van der Waals surface area contributed by atoms with Crippen molar-refractivity contribution in [2.24, 2.45) is 0 Å². The van der Waals surface area contributed by atoms with E-state index in [-0.39, 0.29) is 10.6 Å². The average Bonchev–Trinajstić information content (AvgIpc) is 2.37. The van der Waals surface area contributed by atoms with Crippen molar-refractivity contribution < 1.29 is 13.3 Å². The van der Waals surface area contributed by atoms with Gasteiger partial charge in [0.25, 0.3) is 0 Å². The van der Waals surface area contributed by atoms with Crippen molar-refractivity contribution in [3.63, 3.8) is 0 Å². The molecule has 110 valence electrons. The standard InChI is InChI=1S/C14H13NO4S2/c1-10-5-3-6-11(9-10)20-12-7-4-8-13(21(2,18)19)14(12)15(16)17/h3-9H,1-2H3. The molecule has 0 fully saturated rings. The second kappa shape index (κ2) is 5.87. The van der Waals surface area contributed by atoms with Crippen molar-refractivity contribution in [2.45, 2.75) is 21.6 Å². The van der Waals surface area contributed by atoms with Crippen LogP contribution < -0.4 is 0 Å². The minimum atomic E-state index is -3.66. The summed E-state index contributed by atoms with van der Waals surface area (Å²) in [5.74, 6) is 0. The fourth-order valence-electron chi connectivity index (χ4n) is 1.87. The van der Waals surface area contributed by atoms with Gasteiger partial charge in [-0.25, -0.2) is 8.42 Å². The zero-order valence-corrected chi connectivity index (χ0v) is 13.1. The molecule has 0 bridgehead atoms. The number of nitrogens with zero attached hydrogens (tertiary/aromatic N) is 1. The number of aryl methyl sites for hydroxylation is 1. The van der Waals surface area contributed by atoms with Crippen LogP contribution in [0.25, 0.3) is 0 Å². The van der Waals surface area contributed by atoms with E-state index in [2.05, 4.69) is 0 Å². The van der Waals surface area contributed by atoms with E-state index in [1.54, 1.807) is 6.07 Å². The minimum absolute atomic E-state index is 0.259. The highest BCUT2D eigenvalue weighted by atomic mass is 32.2. The van der Waals surface area contributed by atoms with Gasteiger partial charge < -0.3 is 0 Å². The lowest BCUT2D eigenvalue weighted by molar-refractivity contribution is -0.390. The molecular formula is C14H13NO4S2. The summed E-state index contributed by atoms with van der Waals surface area (Å²) in [6, 6.07) is 11.8. The monoisotopic (exact) mass is 323 g/mol. The number of rotatable bonds is 4. The SMILES string of the molecule is Cc1cccc(Sc2cccc(S(C)(=O)=O)c2[N+](=O)[O-])c1. The fourth-order valence-corrected chi connectivity index (χ4v) is 3.87. The molecule has 5 nitrogen and oxygen atoms in total. The number of hydrogen-bond donors (Lipinski definition) is 0. The van der Waals surface area contributed by atoms with Gasteiger partial charge >= 0.3 is 5.69 Å². The summed E-state index contributed by atoms with van der Waals surface area (Å²) in [5, 5.41) is 11.3. The van der Waals surface area contributed by atoms with Crippen LogP contribution in [0.15, 0.2) is 57.2 Å². The third-order valence-electron chi connectivity index (χ3n) is 2.76. The van der Waals surface area contributed by atoms with Crippen molar-refractivity contribution >= 4 is 27.3 Å². The highest BCUT2D eigenvalue weighted by Crippen LogP contribution is 2.38. The normalized spacial score (nSPS) is 11.3. The van der Waals surface area contributed by atoms with Gasteiger partial charge in [0, 0.05) is 11.2 Å². The lowest BCUT2D eigenvalue weighted by Crippen LogP contribution is -2.03. The Hall–Kier alpha value is -1.86. The van der Waals surface area contributed by atoms with Crippen LogP contribution in [0.5, 0.6) is 0 Å². The van der Waals surface area contributed by atoms with Gasteiger partial charge in [-0.15, -0.1) is 0 Å². The number of hydrogen-bond acceptors (Lipinski definition) is 5. The summed E-state index contributed by atoms with van der Waals surface area (Å²) in [5.41, 5.74) is 0.661. The molecule has 7 heteroatoms. The van der Waals surface area contributed by atoms with Crippen molar-refractivity contribution in [1.82, 2.24) is 0 Å². The van der Waals surface area contributed by atoms with Crippen LogP contribution in [0.4, 0.5) is 5.69 Å². The predicted octanol–water partition coefficient (Wildman–Crippen LogP) is 3.46. The molecule has 0 aromatic heterocycles. The highest BCUT2D eigenvalue weighted by Gasteiger charge is 2.26. The molecule has 0 heterocycles. The van der Waals surface area contributed by atoms with E-state index in [1.165, 1.54) is 23.9 Å². The number of nitro groups is 1. The Morgan fingerprint density at radius 3 is 2.38 bits per heavy atom. The van der Waals surface area contributed by atoms with Crippen LogP contribution in [0.1, 0.15) is 5.56 Å². The van der Waals surface area contributed by atoms with Crippen molar-refractivity contribution in [2.75, 3.05) is 6.26 Å². The number of nitro benzene ring substituents is 1. The lowest BCUT2D eigenvalue weighted by atomic mass is 10.2. The zero-order valence-electron chi connectivity index (χ0n) is 11.4. The maximum absolute atomic E-state index is 11.7. The third kappa shape index (κ3) is 3.62. The second-order valence-electron chi connectivity index (χ2n) is 4.55. The molecule has 0 amide bonds. The molecule has 2 aromatic rings. The topological polar surface area (TPSA) is 77.3 Å². The molecule has 0 aliphatic heterocycles. The number of benzene rings is 2. The Kier molecular flexibility index (Phi) is 4.34. The Morgan fingerprint density at radius 1 is 1.14 bits per heavy atom. The molecule has 2 aromatic carbocycles. The quantitative estimate of drug-likeness (QED) is 0.636. The smallest absolute Gasteiger partial charge is 0.258 e. The summed E-state index contributed by atoms with van der Waals surface area (Å²) >= 11 is 1.18. The molecule has 0 aliphatic rings. The molecule has 0 N–H and O–H groups in total. The van der Waals surface area contributed by atoms with Gasteiger partial charge in [-0.05, 0) is 31.2 Å². The molecule has 0 atom stereocenters. The number of sulfone groups is 1. The van der Waals surface area contributed by atoms with Gasteiger partial charge in [-0.2, -0.15) is 0 Å². The molecule has 0 aliphatic carbocycles. The van der Waals surface area contributed by atoms with Crippen LogP contribution in [0.3, 0.4) is 0 Å². The Labute approximate surface area is 127 Å². The van der Waals surface area contributed by atoms with Gasteiger partial charge in [-0.3, -0.25) is 10.1 Å². The van der Waals surface area contributed by atoms with E-state index >= 15 is 0 Å². The van der Waals surface area contributed by atoms with E-state index in [4.69, 9.17) is 0 Å². The van der Waals surface area contributed by atoms with E-state index in [0.717, 1.165) is 16.7 Å². The van der Waals surface area contributed by atoms with Crippen LogP contribution in [0.2, 0.25) is 0 Å². The maximum Gasteiger partial charge on any atom is 0.301 e. The van der Waals surface area contributed by atoms with E-state index in [0.29, 0.717) is 4.90 Å². The Bertz CT molecular complexity index is 800. The third-order valence-corrected chi connectivity index (χ3v) is 4.93. The van der Waals surface area contributed by atoms with Crippen molar-refractivity contribution in [3.8, 4) is 0 Å². The van der Waals surface area contributed by atoms with Gasteiger partial charge in [0.2, 0.25) is 0 Å². The predicted molar refractivity (Wildman–Crippen MR) is 81.5 cm³/mol. The highest BCUT2D eigenvalue weighted by molar-refractivity contribution is 7.99.